The Kier molecular flexibility index (Phi) is 4.01. The number of ether oxygens (including phenoxy) is 2. The third kappa shape index (κ3) is 2.77. The lowest BCUT2D eigenvalue weighted by atomic mass is 10.2. The van der Waals surface area contributed by atoms with E-state index in [2.05, 4.69) is 15.0 Å². The van der Waals surface area contributed by atoms with Gasteiger partial charge < -0.3 is 19.8 Å². The maximum Gasteiger partial charge on any atom is 0.332 e. The molecule has 2 unspecified atom stereocenters. The summed E-state index contributed by atoms with van der Waals surface area (Å²) in [6, 6.07) is 0.0616. The topological polar surface area (TPSA) is 105 Å². The number of imidazole rings is 1. The van der Waals surface area contributed by atoms with Gasteiger partial charge in [-0.2, -0.15) is 0 Å². The zero-order chi connectivity index (χ0) is 15.5. The fraction of sp³-hybridized carbons (Fsp3) is 0.429. The van der Waals surface area contributed by atoms with Gasteiger partial charge in [0.1, 0.15) is 18.5 Å². The van der Waals surface area contributed by atoms with Gasteiger partial charge >= 0.3 is 5.97 Å². The number of esters is 1. The van der Waals surface area contributed by atoms with E-state index in [1.807, 2.05) is 16.7 Å². The van der Waals surface area contributed by atoms with E-state index < -0.39 is 0 Å². The van der Waals surface area contributed by atoms with Crippen molar-refractivity contribution in [2.75, 3.05) is 18.9 Å². The Morgan fingerprint density at radius 3 is 3.09 bits per heavy atom. The molecule has 0 radical (unpaired) electrons. The van der Waals surface area contributed by atoms with Gasteiger partial charge in [-0.3, -0.25) is 0 Å². The summed E-state index contributed by atoms with van der Waals surface area (Å²) in [5.74, 6) is 0.00813. The highest BCUT2D eigenvalue weighted by molar-refractivity contribution is 5.81. The van der Waals surface area contributed by atoms with Crippen LogP contribution in [-0.4, -0.2) is 44.8 Å². The lowest BCUT2D eigenvalue weighted by molar-refractivity contribution is -0.149. The van der Waals surface area contributed by atoms with Crippen LogP contribution in [0.2, 0.25) is 0 Å². The van der Waals surface area contributed by atoms with E-state index in [9.17, 15) is 4.79 Å². The Hall–Kier alpha value is -2.48. The van der Waals surface area contributed by atoms with Crippen molar-refractivity contribution in [2.24, 2.45) is 0 Å². The quantitative estimate of drug-likeness (QED) is 0.645. The number of rotatable bonds is 5. The van der Waals surface area contributed by atoms with Crippen molar-refractivity contribution < 1.29 is 14.3 Å². The van der Waals surface area contributed by atoms with Crippen molar-refractivity contribution in [3.8, 4) is 0 Å². The van der Waals surface area contributed by atoms with Gasteiger partial charge in [0.25, 0.3) is 0 Å². The molecule has 0 fully saturated rings. The number of hydrogen-bond acceptors (Lipinski definition) is 7. The first-order chi connectivity index (χ1) is 10.7. The first-order valence-electron chi connectivity index (χ1n) is 7.07. The van der Waals surface area contributed by atoms with Crippen LogP contribution in [0, 0.1) is 0 Å². The Balaban J connectivity index is 1.66. The Morgan fingerprint density at radius 2 is 2.27 bits per heavy atom. The van der Waals surface area contributed by atoms with Crippen molar-refractivity contribution in [3.63, 3.8) is 0 Å². The van der Waals surface area contributed by atoms with E-state index in [-0.39, 0.29) is 24.7 Å². The molecule has 1 aliphatic rings. The molecule has 0 amide bonds. The highest BCUT2D eigenvalue weighted by Gasteiger charge is 2.23. The summed E-state index contributed by atoms with van der Waals surface area (Å²) in [5.41, 5.74) is 7.06. The molecule has 0 bridgehead atoms. The Bertz CT molecular complexity index is 712. The van der Waals surface area contributed by atoms with E-state index >= 15 is 0 Å². The number of nitrogens with zero attached hydrogens (tertiary/aromatic N) is 4. The number of fused-ring (bicyclic) bond motifs is 1. The molecule has 2 heterocycles. The fourth-order valence-corrected chi connectivity index (χ4v) is 2.47. The predicted molar refractivity (Wildman–Crippen MR) is 78.9 cm³/mol. The number of carbonyl (C=O) groups is 1. The van der Waals surface area contributed by atoms with Crippen LogP contribution in [-0.2, 0) is 14.3 Å². The SMILES string of the molecule is CCOC(=O)COC1C=CC(n2cnc3c(N)ncnc32)C1. The Morgan fingerprint density at radius 1 is 1.41 bits per heavy atom. The van der Waals surface area contributed by atoms with E-state index in [1.54, 1.807) is 13.3 Å². The molecule has 2 aromatic rings. The van der Waals surface area contributed by atoms with Gasteiger partial charge in [-0.15, -0.1) is 0 Å². The molecule has 0 saturated heterocycles. The zero-order valence-corrected chi connectivity index (χ0v) is 12.2. The average Bonchev–Trinajstić information content (AvgIpc) is 3.12. The van der Waals surface area contributed by atoms with Crippen LogP contribution in [0.4, 0.5) is 5.82 Å². The number of carbonyl (C=O) groups excluding carboxylic acids is 1. The number of anilines is 1. The summed E-state index contributed by atoms with van der Waals surface area (Å²) in [7, 11) is 0. The van der Waals surface area contributed by atoms with Crippen LogP contribution in [0.25, 0.3) is 11.2 Å². The van der Waals surface area contributed by atoms with E-state index in [0.717, 1.165) is 0 Å². The maximum absolute atomic E-state index is 11.3. The summed E-state index contributed by atoms with van der Waals surface area (Å²) >= 11 is 0. The second kappa shape index (κ2) is 6.10. The second-order valence-electron chi connectivity index (χ2n) is 4.93. The third-order valence-electron chi connectivity index (χ3n) is 3.49. The van der Waals surface area contributed by atoms with E-state index in [0.29, 0.717) is 30.0 Å². The number of allylic oxidation sites excluding steroid dienone is 1. The van der Waals surface area contributed by atoms with Crippen LogP contribution < -0.4 is 5.73 Å². The maximum atomic E-state index is 11.3. The van der Waals surface area contributed by atoms with Gasteiger partial charge in [-0.05, 0) is 6.92 Å². The molecule has 2 aromatic heterocycles. The summed E-state index contributed by atoms with van der Waals surface area (Å²) in [6.07, 6.45) is 7.62. The van der Waals surface area contributed by atoms with Gasteiger partial charge in [-0.25, -0.2) is 19.7 Å². The molecule has 0 aliphatic heterocycles. The third-order valence-corrected chi connectivity index (χ3v) is 3.49. The summed E-state index contributed by atoms with van der Waals surface area (Å²) < 4.78 is 12.3. The van der Waals surface area contributed by atoms with Gasteiger partial charge in [0.2, 0.25) is 0 Å². The molecule has 0 saturated carbocycles. The van der Waals surface area contributed by atoms with Crippen LogP contribution in [0.1, 0.15) is 19.4 Å². The number of nitrogens with two attached hydrogens (primary N) is 1. The molecule has 0 aromatic carbocycles. The molecule has 3 rings (SSSR count). The molecular weight excluding hydrogens is 286 g/mol. The monoisotopic (exact) mass is 303 g/mol. The number of nitrogen functional groups attached to an aromatic ring is 1. The largest absolute Gasteiger partial charge is 0.464 e. The van der Waals surface area contributed by atoms with Gasteiger partial charge in [0.05, 0.1) is 25.1 Å². The minimum Gasteiger partial charge on any atom is -0.464 e. The molecule has 2 N–H and O–H groups in total. The van der Waals surface area contributed by atoms with Gasteiger partial charge in [0.15, 0.2) is 11.5 Å². The normalized spacial score (nSPS) is 20.6. The standard InChI is InChI=1S/C14H17N5O3/c1-2-21-11(20)6-22-10-4-3-9(5-10)19-8-18-12-13(15)16-7-17-14(12)19/h3-4,7-10H,2,5-6H2,1H3,(H2,15,16,17). The lowest BCUT2D eigenvalue weighted by Gasteiger charge is -2.14. The lowest BCUT2D eigenvalue weighted by Crippen LogP contribution is -2.18. The molecule has 22 heavy (non-hydrogen) atoms. The molecular formula is C14H17N5O3. The minimum absolute atomic E-state index is 0.0463. The van der Waals surface area contributed by atoms with Crippen molar-refractivity contribution in [1.82, 2.24) is 19.5 Å². The van der Waals surface area contributed by atoms with Crippen molar-refractivity contribution >= 4 is 23.0 Å². The van der Waals surface area contributed by atoms with Gasteiger partial charge in [-0.1, -0.05) is 12.2 Å². The van der Waals surface area contributed by atoms with Crippen molar-refractivity contribution in [2.45, 2.75) is 25.5 Å². The summed E-state index contributed by atoms with van der Waals surface area (Å²) in [5, 5.41) is 0. The molecule has 0 spiro atoms. The predicted octanol–water partition coefficient (Wildman–Crippen LogP) is 0.858. The van der Waals surface area contributed by atoms with Crippen LogP contribution in [0.15, 0.2) is 24.8 Å². The first kappa shape index (κ1) is 14.5. The Labute approximate surface area is 127 Å². The summed E-state index contributed by atoms with van der Waals surface area (Å²) in [6.45, 7) is 2.07. The molecule has 2 atom stereocenters. The molecule has 8 heteroatoms. The first-order valence-corrected chi connectivity index (χ1v) is 7.07. The second-order valence-corrected chi connectivity index (χ2v) is 4.93. The van der Waals surface area contributed by atoms with Crippen LogP contribution >= 0.6 is 0 Å². The molecule has 8 nitrogen and oxygen atoms in total. The highest BCUT2D eigenvalue weighted by Crippen LogP contribution is 2.28. The zero-order valence-electron chi connectivity index (χ0n) is 12.2. The number of aromatic nitrogens is 4. The molecule has 116 valence electrons. The minimum atomic E-state index is -0.354. The van der Waals surface area contributed by atoms with Crippen molar-refractivity contribution in [1.29, 1.82) is 0 Å². The molecule has 1 aliphatic carbocycles. The van der Waals surface area contributed by atoms with Gasteiger partial charge in [0, 0.05) is 6.42 Å². The summed E-state index contributed by atoms with van der Waals surface area (Å²) in [4.78, 5) is 23.7. The highest BCUT2D eigenvalue weighted by atomic mass is 16.6. The van der Waals surface area contributed by atoms with Crippen molar-refractivity contribution in [3.05, 3.63) is 24.8 Å². The van der Waals surface area contributed by atoms with Crippen LogP contribution in [0.5, 0.6) is 0 Å². The smallest absolute Gasteiger partial charge is 0.332 e. The van der Waals surface area contributed by atoms with Crippen LogP contribution in [0.3, 0.4) is 0 Å². The number of hydrogen-bond donors (Lipinski definition) is 1. The van der Waals surface area contributed by atoms with E-state index in [4.69, 9.17) is 15.2 Å². The fourth-order valence-electron chi connectivity index (χ4n) is 2.47. The average molecular weight is 303 g/mol. The van der Waals surface area contributed by atoms with E-state index in [1.165, 1.54) is 6.33 Å².